The molecular formula is C13H17N3O2S. The molecule has 2 heterocycles. The zero-order chi connectivity index (χ0) is 13.6. The van der Waals surface area contributed by atoms with Gasteiger partial charge in [0.2, 0.25) is 5.91 Å². The van der Waals surface area contributed by atoms with Crippen molar-refractivity contribution in [2.24, 2.45) is 22.9 Å². The predicted molar refractivity (Wildman–Crippen MR) is 73.3 cm³/mol. The van der Waals surface area contributed by atoms with Gasteiger partial charge in [-0.25, -0.2) is 5.48 Å². The molecule has 1 aromatic heterocycles. The van der Waals surface area contributed by atoms with Crippen LogP contribution in [0.3, 0.4) is 0 Å². The van der Waals surface area contributed by atoms with Crippen LogP contribution in [0.15, 0.2) is 17.2 Å². The highest BCUT2D eigenvalue weighted by molar-refractivity contribution is 7.12. The van der Waals surface area contributed by atoms with E-state index in [0.717, 1.165) is 6.54 Å². The van der Waals surface area contributed by atoms with Crippen LogP contribution in [0.1, 0.15) is 15.7 Å². The van der Waals surface area contributed by atoms with Crippen LogP contribution in [0.2, 0.25) is 0 Å². The topological polar surface area (TPSA) is 64.9 Å². The Morgan fingerprint density at radius 2 is 2.37 bits per heavy atom. The van der Waals surface area contributed by atoms with Crippen LogP contribution in [-0.2, 0) is 4.79 Å². The van der Waals surface area contributed by atoms with Crippen molar-refractivity contribution >= 4 is 23.5 Å². The molecule has 19 heavy (non-hydrogen) atoms. The number of hydroxylamine groups is 1. The summed E-state index contributed by atoms with van der Waals surface area (Å²) >= 11 is 1.73. The average Bonchev–Trinajstić information content (AvgIpc) is 2.73. The minimum Gasteiger partial charge on any atom is -0.300 e. The lowest BCUT2D eigenvalue weighted by Crippen LogP contribution is -2.24. The summed E-state index contributed by atoms with van der Waals surface area (Å²) < 4.78 is 0. The number of amides is 1. The van der Waals surface area contributed by atoms with Gasteiger partial charge in [-0.05, 0) is 25.0 Å². The molecule has 1 unspecified atom stereocenters. The van der Waals surface area contributed by atoms with E-state index >= 15 is 0 Å². The lowest BCUT2D eigenvalue weighted by atomic mass is 10.0. The third kappa shape index (κ3) is 2.15. The van der Waals surface area contributed by atoms with Crippen LogP contribution in [0.25, 0.3) is 0 Å². The van der Waals surface area contributed by atoms with E-state index in [1.54, 1.807) is 16.8 Å². The van der Waals surface area contributed by atoms with Gasteiger partial charge in [0.05, 0.1) is 5.92 Å². The second kappa shape index (κ2) is 4.61. The molecule has 1 aromatic rings. The third-order valence-electron chi connectivity index (χ3n) is 4.00. The van der Waals surface area contributed by atoms with Crippen LogP contribution in [0.4, 0.5) is 0 Å². The molecule has 3 rings (SSSR count). The van der Waals surface area contributed by atoms with Crippen molar-refractivity contribution in [3.63, 3.8) is 0 Å². The summed E-state index contributed by atoms with van der Waals surface area (Å²) in [6.07, 6.45) is 1.93. The van der Waals surface area contributed by atoms with E-state index < -0.39 is 0 Å². The first-order chi connectivity index (χ1) is 9.11. The molecule has 4 atom stereocenters. The number of rotatable bonds is 3. The number of thiophene rings is 1. The molecule has 2 N–H and O–H groups in total. The van der Waals surface area contributed by atoms with Gasteiger partial charge in [-0.1, -0.05) is 0 Å². The molecule has 102 valence electrons. The number of aryl methyl sites for hydroxylation is 1. The van der Waals surface area contributed by atoms with Crippen LogP contribution < -0.4 is 5.48 Å². The summed E-state index contributed by atoms with van der Waals surface area (Å²) in [6, 6.07) is 4.18. The minimum absolute atomic E-state index is 0.133. The number of carbonyl (C=O) groups is 1. The summed E-state index contributed by atoms with van der Waals surface area (Å²) in [7, 11) is 1.93. The SMILES string of the molecule is Cc1ccc([C@H]2[C@@H](C(=O)NO)[C@@H]2C2C=NN(C)C2)s1. The smallest absolute Gasteiger partial charge is 0.247 e. The molecule has 0 radical (unpaired) electrons. The Kier molecular flexibility index (Phi) is 3.06. The largest absolute Gasteiger partial charge is 0.300 e. The highest BCUT2D eigenvalue weighted by atomic mass is 32.1. The fraction of sp³-hybridized carbons (Fsp3) is 0.538. The van der Waals surface area contributed by atoms with Crippen molar-refractivity contribution in [1.82, 2.24) is 10.5 Å². The van der Waals surface area contributed by atoms with Gasteiger partial charge in [-0.15, -0.1) is 11.3 Å². The monoisotopic (exact) mass is 279 g/mol. The van der Waals surface area contributed by atoms with Gasteiger partial charge in [0.15, 0.2) is 0 Å². The summed E-state index contributed by atoms with van der Waals surface area (Å²) in [5, 5.41) is 15.0. The molecule has 0 bridgehead atoms. The van der Waals surface area contributed by atoms with E-state index in [0.29, 0.717) is 5.92 Å². The first-order valence-corrected chi connectivity index (χ1v) is 7.19. The Labute approximate surface area is 115 Å². The second-order valence-electron chi connectivity index (χ2n) is 5.32. The van der Waals surface area contributed by atoms with E-state index in [4.69, 9.17) is 5.21 Å². The van der Waals surface area contributed by atoms with Gasteiger partial charge in [0.25, 0.3) is 0 Å². The maximum absolute atomic E-state index is 11.8. The number of hydrazone groups is 1. The molecule has 1 fully saturated rings. The molecule has 1 aliphatic heterocycles. The summed E-state index contributed by atoms with van der Waals surface area (Å²) in [6.45, 7) is 2.91. The molecule has 6 heteroatoms. The van der Waals surface area contributed by atoms with E-state index in [1.807, 2.05) is 18.3 Å². The number of hydrogen-bond donors (Lipinski definition) is 2. The molecule has 2 aliphatic rings. The average molecular weight is 279 g/mol. The van der Waals surface area contributed by atoms with E-state index in [-0.39, 0.29) is 23.7 Å². The molecule has 0 saturated heterocycles. The maximum atomic E-state index is 11.8. The van der Waals surface area contributed by atoms with Crippen LogP contribution in [-0.4, -0.2) is 35.9 Å². The number of nitrogens with zero attached hydrogens (tertiary/aromatic N) is 2. The first-order valence-electron chi connectivity index (χ1n) is 6.37. The fourth-order valence-corrected chi connectivity index (χ4v) is 4.18. The zero-order valence-corrected chi connectivity index (χ0v) is 11.7. The summed E-state index contributed by atoms with van der Waals surface area (Å²) in [5.41, 5.74) is 1.81. The predicted octanol–water partition coefficient (Wildman–Crippen LogP) is 1.44. The first kappa shape index (κ1) is 12.6. The van der Waals surface area contributed by atoms with E-state index in [2.05, 4.69) is 24.2 Å². The second-order valence-corrected chi connectivity index (χ2v) is 6.64. The van der Waals surface area contributed by atoms with Gasteiger partial charge in [-0.3, -0.25) is 15.0 Å². The van der Waals surface area contributed by atoms with Crippen LogP contribution in [0.5, 0.6) is 0 Å². The van der Waals surface area contributed by atoms with Gasteiger partial charge in [0, 0.05) is 41.4 Å². The van der Waals surface area contributed by atoms with Gasteiger partial charge >= 0.3 is 0 Å². The number of nitrogens with one attached hydrogen (secondary N) is 1. The summed E-state index contributed by atoms with van der Waals surface area (Å²) in [4.78, 5) is 14.3. The Hall–Kier alpha value is -1.40. The zero-order valence-electron chi connectivity index (χ0n) is 10.9. The van der Waals surface area contributed by atoms with Crippen molar-refractivity contribution in [2.75, 3.05) is 13.6 Å². The Morgan fingerprint density at radius 3 is 2.89 bits per heavy atom. The normalized spacial score (nSPS) is 32.7. The Balaban J connectivity index is 1.82. The molecular weight excluding hydrogens is 262 g/mol. The molecule has 5 nitrogen and oxygen atoms in total. The van der Waals surface area contributed by atoms with Crippen LogP contribution in [0, 0.1) is 24.7 Å². The molecule has 1 aliphatic carbocycles. The molecule has 1 saturated carbocycles. The van der Waals surface area contributed by atoms with Crippen molar-refractivity contribution in [2.45, 2.75) is 12.8 Å². The lowest BCUT2D eigenvalue weighted by molar-refractivity contribution is -0.131. The van der Waals surface area contributed by atoms with Crippen molar-refractivity contribution in [1.29, 1.82) is 0 Å². The number of hydrogen-bond acceptors (Lipinski definition) is 5. The Morgan fingerprint density at radius 1 is 1.58 bits per heavy atom. The quantitative estimate of drug-likeness (QED) is 0.650. The lowest BCUT2D eigenvalue weighted by Gasteiger charge is -2.09. The van der Waals surface area contributed by atoms with E-state index in [9.17, 15) is 4.79 Å². The highest BCUT2D eigenvalue weighted by Gasteiger charge is 2.59. The number of carbonyl (C=O) groups excluding carboxylic acids is 1. The van der Waals surface area contributed by atoms with Gasteiger partial charge < -0.3 is 0 Å². The Bertz CT molecular complexity index is 528. The van der Waals surface area contributed by atoms with Gasteiger partial charge in [-0.2, -0.15) is 5.10 Å². The fourth-order valence-electron chi connectivity index (χ4n) is 3.10. The van der Waals surface area contributed by atoms with E-state index in [1.165, 1.54) is 9.75 Å². The standard InChI is InChI=1S/C13H17N3O2S/c1-7-3-4-9(19-7)11-10(12(11)13(17)15-18)8-5-14-16(2)6-8/h3-5,8,10-12,18H,6H2,1-2H3,(H,15,17)/t8?,10-,11-,12+/m1/s1. The molecule has 0 aromatic carbocycles. The van der Waals surface area contributed by atoms with Gasteiger partial charge in [0.1, 0.15) is 0 Å². The van der Waals surface area contributed by atoms with Crippen molar-refractivity contribution in [3.05, 3.63) is 21.9 Å². The molecule has 1 amide bonds. The molecule has 0 spiro atoms. The van der Waals surface area contributed by atoms with Crippen molar-refractivity contribution < 1.29 is 10.0 Å². The highest BCUT2D eigenvalue weighted by Crippen LogP contribution is 2.59. The van der Waals surface area contributed by atoms with Crippen molar-refractivity contribution in [3.8, 4) is 0 Å². The third-order valence-corrected chi connectivity index (χ3v) is 5.10. The maximum Gasteiger partial charge on any atom is 0.247 e. The summed E-state index contributed by atoms with van der Waals surface area (Å²) in [5.74, 6) is 0.349. The minimum atomic E-state index is -0.274. The van der Waals surface area contributed by atoms with Crippen LogP contribution >= 0.6 is 11.3 Å².